The van der Waals surface area contributed by atoms with Crippen LogP contribution in [0.2, 0.25) is 0 Å². The largest absolute Gasteiger partial charge is 0.370 e. The molecule has 2 aromatic heterocycles. The normalized spacial score (nSPS) is 13.8. The number of primary amides is 1. The molecule has 29 heavy (non-hydrogen) atoms. The van der Waals surface area contributed by atoms with Crippen LogP contribution in [0.1, 0.15) is 62.4 Å². The van der Waals surface area contributed by atoms with Crippen molar-refractivity contribution in [2.45, 2.75) is 64.8 Å². The maximum absolute atomic E-state index is 13.5. The molecule has 3 aromatic rings. The first-order valence-electron chi connectivity index (χ1n) is 10.4. The van der Waals surface area contributed by atoms with Gasteiger partial charge in [-0.15, -0.1) is 11.3 Å². The molecule has 0 fully saturated rings. The van der Waals surface area contributed by atoms with Gasteiger partial charge in [0.05, 0.1) is 5.39 Å². The molecule has 0 bridgehead atoms. The zero-order valence-electron chi connectivity index (χ0n) is 17.0. The van der Waals surface area contributed by atoms with E-state index in [0.29, 0.717) is 18.4 Å². The Labute approximate surface area is 174 Å². The van der Waals surface area contributed by atoms with E-state index in [-0.39, 0.29) is 23.8 Å². The van der Waals surface area contributed by atoms with Crippen LogP contribution in [0.3, 0.4) is 0 Å². The van der Waals surface area contributed by atoms with Gasteiger partial charge >= 0.3 is 0 Å². The first-order valence-corrected chi connectivity index (χ1v) is 11.3. The molecule has 2 N–H and O–H groups in total. The third-order valence-corrected chi connectivity index (χ3v) is 6.58. The molecule has 1 aliphatic carbocycles. The van der Waals surface area contributed by atoms with Crippen LogP contribution >= 0.6 is 11.3 Å². The number of nitrogens with zero attached hydrogens (tertiary/aromatic N) is 2. The zero-order valence-corrected chi connectivity index (χ0v) is 17.8. The fraction of sp³-hybridized carbons (Fsp3) is 0.435. The number of carbonyl (C=O) groups excluding carboxylic acids is 1. The van der Waals surface area contributed by atoms with Crippen LogP contribution in [-0.4, -0.2) is 15.5 Å². The Kier molecular flexibility index (Phi) is 5.54. The molecule has 1 aliphatic rings. The number of aryl methyl sites for hydroxylation is 2. The van der Waals surface area contributed by atoms with Crippen LogP contribution in [0.4, 0.5) is 0 Å². The molecule has 0 radical (unpaired) electrons. The number of hydrogen-bond acceptors (Lipinski definition) is 4. The maximum Gasteiger partial charge on any atom is 0.262 e. The minimum absolute atomic E-state index is 0.0165. The standard InChI is InChI=1S/C23H27N3O2S/c1-14(2)21-25-22-20(23(28)26(21)11-5-8-19(24)27)18(13-29-22)17-10-9-15-6-3-4-7-16(15)12-17/h9-10,12-14H,3-8,11H2,1-2H3,(H2,24,27). The molecular weight excluding hydrogens is 382 g/mol. The minimum Gasteiger partial charge on any atom is -0.370 e. The Morgan fingerprint density at radius 3 is 2.72 bits per heavy atom. The van der Waals surface area contributed by atoms with Gasteiger partial charge in [0.25, 0.3) is 5.56 Å². The van der Waals surface area contributed by atoms with Crippen LogP contribution in [0, 0.1) is 0 Å². The van der Waals surface area contributed by atoms with Crippen molar-refractivity contribution in [3.8, 4) is 11.1 Å². The number of rotatable bonds is 6. The second-order valence-corrected chi connectivity index (χ2v) is 9.03. The fourth-order valence-corrected chi connectivity index (χ4v) is 5.17. The minimum atomic E-state index is -0.344. The average molecular weight is 410 g/mol. The Balaban J connectivity index is 1.82. The molecule has 0 spiro atoms. The van der Waals surface area contributed by atoms with Crippen molar-refractivity contribution >= 4 is 27.5 Å². The number of carbonyl (C=O) groups is 1. The first kappa shape index (κ1) is 19.8. The number of nitrogens with two attached hydrogens (primary N) is 1. The van der Waals surface area contributed by atoms with Gasteiger partial charge in [0, 0.05) is 29.8 Å². The SMILES string of the molecule is CC(C)c1nc2scc(-c3ccc4c(c3)CCCC4)c2c(=O)n1CCCC(N)=O. The van der Waals surface area contributed by atoms with Crippen LogP contribution in [0.25, 0.3) is 21.3 Å². The smallest absolute Gasteiger partial charge is 0.262 e. The molecule has 0 unspecified atom stereocenters. The summed E-state index contributed by atoms with van der Waals surface area (Å²) in [5.41, 5.74) is 10.2. The van der Waals surface area contributed by atoms with E-state index in [1.807, 2.05) is 13.8 Å². The maximum atomic E-state index is 13.5. The zero-order chi connectivity index (χ0) is 20.5. The predicted molar refractivity (Wildman–Crippen MR) is 118 cm³/mol. The van der Waals surface area contributed by atoms with Gasteiger partial charge < -0.3 is 5.73 Å². The third kappa shape index (κ3) is 3.86. The summed E-state index contributed by atoms with van der Waals surface area (Å²) >= 11 is 1.53. The molecule has 152 valence electrons. The van der Waals surface area contributed by atoms with Crippen LogP contribution < -0.4 is 11.3 Å². The molecule has 6 heteroatoms. The molecule has 4 rings (SSSR count). The molecule has 1 amide bonds. The van der Waals surface area contributed by atoms with E-state index in [1.165, 1.54) is 35.3 Å². The fourth-order valence-electron chi connectivity index (χ4n) is 4.22. The lowest BCUT2D eigenvalue weighted by atomic mass is 9.89. The highest BCUT2D eigenvalue weighted by Crippen LogP contribution is 2.34. The van der Waals surface area contributed by atoms with E-state index in [4.69, 9.17) is 10.7 Å². The van der Waals surface area contributed by atoms with Crippen molar-refractivity contribution in [2.24, 2.45) is 5.73 Å². The van der Waals surface area contributed by atoms with Gasteiger partial charge in [-0.25, -0.2) is 4.98 Å². The van der Waals surface area contributed by atoms with Crippen LogP contribution in [0.15, 0.2) is 28.4 Å². The van der Waals surface area contributed by atoms with Gasteiger partial charge in [-0.2, -0.15) is 0 Å². The van der Waals surface area contributed by atoms with Crippen LogP contribution in [0.5, 0.6) is 0 Å². The van der Waals surface area contributed by atoms with Gasteiger partial charge in [-0.3, -0.25) is 14.2 Å². The van der Waals surface area contributed by atoms with Crippen LogP contribution in [-0.2, 0) is 24.2 Å². The topological polar surface area (TPSA) is 78.0 Å². The van der Waals surface area contributed by atoms with E-state index in [1.54, 1.807) is 4.57 Å². The van der Waals surface area contributed by atoms with Crippen molar-refractivity contribution in [2.75, 3.05) is 0 Å². The molecule has 0 atom stereocenters. The highest BCUT2D eigenvalue weighted by Gasteiger charge is 2.19. The Bertz CT molecular complexity index is 1130. The molecular formula is C23H27N3O2S. The summed E-state index contributed by atoms with van der Waals surface area (Å²) in [6.45, 7) is 4.53. The predicted octanol–water partition coefficient (Wildman–Crippen LogP) is 4.39. The van der Waals surface area contributed by atoms with Gasteiger partial charge in [-0.1, -0.05) is 32.0 Å². The number of benzene rings is 1. The average Bonchev–Trinajstić information content (AvgIpc) is 3.13. The summed E-state index contributed by atoms with van der Waals surface area (Å²) in [7, 11) is 0. The molecule has 0 saturated carbocycles. The number of aromatic nitrogens is 2. The van der Waals surface area contributed by atoms with Gasteiger partial charge in [0.2, 0.25) is 5.91 Å². The lowest BCUT2D eigenvalue weighted by Gasteiger charge is -2.17. The molecule has 5 nitrogen and oxygen atoms in total. The summed E-state index contributed by atoms with van der Waals surface area (Å²) in [6, 6.07) is 6.61. The molecule has 2 heterocycles. The Morgan fingerprint density at radius 1 is 1.24 bits per heavy atom. The monoisotopic (exact) mass is 409 g/mol. The Morgan fingerprint density at radius 2 is 2.00 bits per heavy atom. The lowest BCUT2D eigenvalue weighted by molar-refractivity contribution is -0.118. The quantitative estimate of drug-likeness (QED) is 0.656. The summed E-state index contributed by atoms with van der Waals surface area (Å²) in [5.74, 6) is 0.546. The summed E-state index contributed by atoms with van der Waals surface area (Å²) in [6.07, 6.45) is 5.55. The lowest BCUT2D eigenvalue weighted by Crippen LogP contribution is -2.26. The number of fused-ring (bicyclic) bond motifs is 2. The summed E-state index contributed by atoms with van der Waals surface area (Å²) < 4.78 is 1.74. The van der Waals surface area contributed by atoms with Gasteiger partial charge in [-0.05, 0) is 48.8 Å². The third-order valence-electron chi connectivity index (χ3n) is 5.70. The number of hydrogen-bond donors (Lipinski definition) is 1. The highest BCUT2D eigenvalue weighted by molar-refractivity contribution is 7.17. The highest BCUT2D eigenvalue weighted by atomic mass is 32.1. The number of amides is 1. The van der Waals surface area contributed by atoms with Crippen molar-refractivity contribution in [1.29, 1.82) is 0 Å². The van der Waals surface area contributed by atoms with Crippen molar-refractivity contribution < 1.29 is 4.79 Å². The van der Waals surface area contributed by atoms with E-state index >= 15 is 0 Å². The van der Waals surface area contributed by atoms with Gasteiger partial charge in [0.15, 0.2) is 0 Å². The van der Waals surface area contributed by atoms with E-state index in [2.05, 4.69) is 23.6 Å². The van der Waals surface area contributed by atoms with Crippen molar-refractivity contribution in [3.63, 3.8) is 0 Å². The molecule has 0 aliphatic heterocycles. The number of thiophene rings is 1. The Hall–Kier alpha value is -2.47. The van der Waals surface area contributed by atoms with E-state index < -0.39 is 0 Å². The second kappa shape index (κ2) is 8.11. The first-order chi connectivity index (χ1) is 14.0. The van der Waals surface area contributed by atoms with E-state index in [0.717, 1.165) is 34.6 Å². The second-order valence-electron chi connectivity index (χ2n) is 8.17. The summed E-state index contributed by atoms with van der Waals surface area (Å²) in [4.78, 5) is 30.3. The molecule has 1 aromatic carbocycles. The van der Waals surface area contributed by atoms with Crippen molar-refractivity contribution in [1.82, 2.24) is 9.55 Å². The van der Waals surface area contributed by atoms with E-state index in [9.17, 15) is 9.59 Å². The summed E-state index contributed by atoms with van der Waals surface area (Å²) in [5, 5.41) is 2.75. The van der Waals surface area contributed by atoms with Crippen molar-refractivity contribution in [3.05, 3.63) is 50.9 Å². The molecule has 0 saturated heterocycles. The van der Waals surface area contributed by atoms with Gasteiger partial charge in [0.1, 0.15) is 10.7 Å².